The molecular formula is C17H14FN3O3. The first-order valence-corrected chi connectivity index (χ1v) is 7.24. The first-order chi connectivity index (χ1) is 11.5. The number of aliphatic hydroxyl groups is 1. The molecule has 1 unspecified atom stereocenters. The SMILES string of the molecule is O=[N+]([O-])c1ccc(-c2cnn(CC(O)c3ccccc3F)c2)cc1. The smallest absolute Gasteiger partial charge is 0.269 e. The van der Waals surface area contributed by atoms with E-state index in [4.69, 9.17) is 0 Å². The number of nitro benzene ring substituents is 1. The van der Waals surface area contributed by atoms with Crippen LogP contribution >= 0.6 is 0 Å². The van der Waals surface area contributed by atoms with Crippen molar-refractivity contribution < 1.29 is 14.4 Å². The third-order valence-corrected chi connectivity index (χ3v) is 3.67. The summed E-state index contributed by atoms with van der Waals surface area (Å²) in [5, 5.41) is 25.0. The maximum absolute atomic E-state index is 13.7. The molecular weight excluding hydrogens is 313 g/mol. The fourth-order valence-corrected chi connectivity index (χ4v) is 2.41. The number of halogens is 1. The van der Waals surface area contributed by atoms with Crippen molar-refractivity contribution >= 4 is 5.69 Å². The number of nitro groups is 1. The molecule has 3 rings (SSSR count). The number of non-ortho nitro benzene ring substituents is 1. The quantitative estimate of drug-likeness (QED) is 0.576. The predicted octanol–water partition coefficient (Wildman–Crippen LogP) is 3.33. The molecule has 1 N–H and O–H groups in total. The van der Waals surface area contributed by atoms with Gasteiger partial charge in [-0.05, 0) is 23.8 Å². The standard InChI is InChI=1S/C17H14FN3O3/c18-16-4-2-1-3-15(16)17(22)11-20-10-13(9-19-20)12-5-7-14(8-6-12)21(23)24/h1-10,17,22H,11H2. The number of benzene rings is 2. The third-order valence-electron chi connectivity index (χ3n) is 3.67. The van der Waals surface area contributed by atoms with E-state index in [0.717, 1.165) is 11.1 Å². The van der Waals surface area contributed by atoms with Gasteiger partial charge in [-0.1, -0.05) is 18.2 Å². The predicted molar refractivity (Wildman–Crippen MR) is 85.7 cm³/mol. The van der Waals surface area contributed by atoms with E-state index in [1.54, 1.807) is 36.7 Å². The Labute approximate surface area is 136 Å². The molecule has 6 nitrogen and oxygen atoms in total. The summed E-state index contributed by atoms with van der Waals surface area (Å²) in [6.07, 6.45) is 2.27. The van der Waals surface area contributed by atoms with E-state index in [-0.39, 0.29) is 17.8 Å². The maximum atomic E-state index is 13.7. The summed E-state index contributed by atoms with van der Waals surface area (Å²) < 4.78 is 15.2. The zero-order valence-corrected chi connectivity index (χ0v) is 12.5. The Balaban J connectivity index is 1.76. The zero-order valence-electron chi connectivity index (χ0n) is 12.5. The Morgan fingerprint density at radius 1 is 1.17 bits per heavy atom. The minimum Gasteiger partial charge on any atom is -0.386 e. The second-order valence-corrected chi connectivity index (χ2v) is 5.29. The summed E-state index contributed by atoms with van der Waals surface area (Å²) >= 11 is 0. The number of nitrogens with zero attached hydrogens (tertiary/aromatic N) is 3. The van der Waals surface area contributed by atoms with Crippen LogP contribution in [0.5, 0.6) is 0 Å². The lowest BCUT2D eigenvalue weighted by Crippen LogP contribution is -2.10. The molecule has 0 fully saturated rings. The molecule has 0 radical (unpaired) electrons. The topological polar surface area (TPSA) is 81.2 Å². The molecule has 0 saturated heterocycles. The van der Waals surface area contributed by atoms with Gasteiger partial charge in [0.25, 0.3) is 5.69 Å². The van der Waals surface area contributed by atoms with Gasteiger partial charge < -0.3 is 5.11 Å². The van der Waals surface area contributed by atoms with Crippen molar-refractivity contribution in [1.29, 1.82) is 0 Å². The maximum Gasteiger partial charge on any atom is 0.269 e. The molecule has 24 heavy (non-hydrogen) atoms. The van der Waals surface area contributed by atoms with Crippen LogP contribution in [0.4, 0.5) is 10.1 Å². The van der Waals surface area contributed by atoms with Gasteiger partial charge in [0, 0.05) is 29.5 Å². The second-order valence-electron chi connectivity index (χ2n) is 5.29. The normalized spacial score (nSPS) is 12.1. The van der Waals surface area contributed by atoms with Crippen LogP contribution in [0.15, 0.2) is 60.9 Å². The molecule has 1 aromatic heterocycles. The van der Waals surface area contributed by atoms with Crippen molar-refractivity contribution in [3.8, 4) is 11.1 Å². The third kappa shape index (κ3) is 3.31. The molecule has 0 aliphatic carbocycles. The van der Waals surface area contributed by atoms with Crippen molar-refractivity contribution in [2.45, 2.75) is 12.6 Å². The van der Waals surface area contributed by atoms with Crippen LogP contribution in [0.1, 0.15) is 11.7 Å². The first-order valence-electron chi connectivity index (χ1n) is 7.24. The van der Waals surface area contributed by atoms with Crippen molar-refractivity contribution in [1.82, 2.24) is 9.78 Å². The Bertz CT molecular complexity index is 862. The molecule has 3 aromatic rings. The summed E-state index contributed by atoms with van der Waals surface area (Å²) in [5.41, 5.74) is 1.75. The average Bonchev–Trinajstić information content (AvgIpc) is 3.03. The van der Waals surface area contributed by atoms with Crippen LogP contribution < -0.4 is 0 Å². The van der Waals surface area contributed by atoms with Gasteiger partial charge in [0.15, 0.2) is 0 Å². The van der Waals surface area contributed by atoms with Crippen LogP contribution in [-0.4, -0.2) is 19.8 Å². The van der Waals surface area contributed by atoms with Crippen molar-refractivity contribution in [2.75, 3.05) is 0 Å². The molecule has 2 aromatic carbocycles. The van der Waals surface area contributed by atoms with Crippen molar-refractivity contribution in [3.05, 3.63) is 82.4 Å². The van der Waals surface area contributed by atoms with Gasteiger partial charge in [0.1, 0.15) is 11.9 Å². The van der Waals surface area contributed by atoms with E-state index in [1.165, 1.54) is 28.9 Å². The largest absolute Gasteiger partial charge is 0.386 e. The lowest BCUT2D eigenvalue weighted by Gasteiger charge is -2.11. The van der Waals surface area contributed by atoms with Crippen molar-refractivity contribution in [2.24, 2.45) is 0 Å². The molecule has 0 saturated carbocycles. The summed E-state index contributed by atoms with van der Waals surface area (Å²) in [6.45, 7) is 0.105. The van der Waals surface area contributed by atoms with E-state index >= 15 is 0 Å². The highest BCUT2D eigenvalue weighted by Gasteiger charge is 2.14. The molecule has 0 bridgehead atoms. The van der Waals surface area contributed by atoms with Gasteiger partial charge >= 0.3 is 0 Å². The lowest BCUT2D eigenvalue weighted by molar-refractivity contribution is -0.384. The van der Waals surface area contributed by atoms with Gasteiger partial charge in [-0.3, -0.25) is 14.8 Å². The molecule has 0 spiro atoms. The highest BCUT2D eigenvalue weighted by atomic mass is 19.1. The number of hydrogen-bond acceptors (Lipinski definition) is 4. The summed E-state index contributed by atoms with van der Waals surface area (Å²) in [6, 6.07) is 12.1. The van der Waals surface area contributed by atoms with Crippen LogP contribution in [0.2, 0.25) is 0 Å². The molecule has 0 amide bonds. The lowest BCUT2D eigenvalue weighted by atomic mass is 10.1. The van der Waals surface area contributed by atoms with Crippen molar-refractivity contribution in [3.63, 3.8) is 0 Å². The fourth-order valence-electron chi connectivity index (χ4n) is 2.41. The molecule has 0 aliphatic rings. The Hall–Kier alpha value is -3.06. The Kier molecular flexibility index (Phi) is 4.35. The second kappa shape index (κ2) is 6.59. The Morgan fingerprint density at radius 3 is 2.54 bits per heavy atom. The van der Waals surface area contributed by atoms with E-state index in [9.17, 15) is 19.6 Å². The first kappa shape index (κ1) is 15.8. The summed E-state index contributed by atoms with van der Waals surface area (Å²) in [5.74, 6) is -0.465. The van der Waals surface area contributed by atoms with Crippen LogP contribution in [0, 0.1) is 15.9 Å². The molecule has 7 heteroatoms. The Morgan fingerprint density at radius 2 is 1.88 bits per heavy atom. The van der Waals surface area contributed by atoms with Gasteiger partial charge in [-0.2, -0.15) is 5.10 Å². The fraction of sp³-hybridized carbons (Fsp3) is 0.118. The average molecular weight is 327 g/mol. The molecule has 0 aliphatic heterocycles. The van der Waals surface area contributed by atoms with Gasteiger partial charge in [-0.25, -0.2) is 4.39 Å². The number of rotatable bonds is 5. The number of aromatic nitrogens is 2. The minimum atomic E-state index is -1.02. The molecule has 1 atom stereocenters. The zero-order chi connectivity index (χ0) is 17.1. The molecule has 1 heterocycles. The number of aliphatic hydroxyl groups excluding tert-OH is 1. The van der Waals surface area contributed by atoms with Crippen LogP contribution in [0.3, 0.4) is 0 Å². The summed E-state index contributed by atoms with van der Waals surface area (Å²) in [4.78, 5) is 10.2. The molecule has 122 valence electrons. The van der Waals surface area contributed by atoms with E-state index in [0.29, 0.717) is 0 Å². The van der Waals surface area contributed by atoms with E-state index in [1.807, 2.05) is 0 Å². The van der Waals surface area contributed by atoms with E-state index in [2.05, 4.69) is 5.10 Å². The highest BCUT2D eigenvalue weighted by molar-refractivity contribution is 5.63. The van der Waals surface area contributed by atoms with Crippen LogP contribution in [0.25, 0.3) is 11.1 Å². The monoisotopic (exact) mass is 327 g/mol. The number of hydrogen-bond donors (Lipinski definition) is 1. The van der Waals surface area contributed by atoms with Crippen LogP contribution in [-0.2, 0) is 6.54 Å². The highest BCUT2D eigenvalue weighted by Crippen LogP contribution is 2.23. The van der Waals surface area contributed by atoms with Gasteiger partial charge in [0.05, 0.1) is 17.7 Å². The van der Waals surface area contributed by atoms with Gasteiger partial charge in [0.2, 0.25) is 0 Å². The van der Waals surface area contributed by atoms with E-state index < -0.39 is 16.8 Å². The van der Waals surface area contributed by atoms with Gasteiger partial charge in [-0.15, -0.1) is 0 Å². The summed E-state index contributed by atoms with van der Waals surface area (Å²) in [7, 11) is 0. The minimum absolute atomic E-state index is 0.0149.